The molecule has 16 heavy (non-hydrogen) atoms. The van der Waals surface area contributed by atoms with Crippen LogP contribution in [0.2, 0.25) is 0 Å². The van der Waals surface area contributed by atoms with E-state index in [1.807, 2.05) is 0 Å². The van der Waals surface area contributed by atoms with E-state index in [9.17, 15) is 14.3 Å². The second-order valence-corrected chi connectivity index (χ2v) is 4.60. The van der Waals surface area contributed by atoms with E-state index in [2.05, 4.69) is 15.9 Å². The number of hydrogen-bond acceptors (Lipinski definition) is 2. The normalized spacial score (nSPS) is 14.9. The first-order chi connectivity index (χ1) is 7.26. The van der Waals surface area contributed by atoms with Crippen LogP contribution in [0.5, 0.6) is 0 Å². The van der Waals surface area contributed by atoms with Crippen LogP contribution in [-0.2, 0) is 4.79 Å². The lowest BCUT2D eigenvalue weighted by Crippen LogP contribution is -2.45. The van der Waals surface area contributed by atoms with Crippen molar-refractivity contribution in [2.45, 2.75) is 19.4 Å². The molecule has 1 atom stereocenters. The van der Waals surface area contributed by atoms with Crippen LogP contribution in [-0.4, -0.2) is 16.6 Å². The molecule has 0 fully saturated rings. The molecule has 0 aliphatic rings. The summed E-state index contributed by atoms with van der Waals surface area (Å²) in [5, 5.41) is 9.84. The van der Waals surface area contributed by atoms with Crippen molar-refractivity contribution in [2.75, 3.05) is 0 Å². The van der Waals surface area contributed by atoms with E-state index in [1.165, 1.54) is 32.0 Å². The van der Waals surface area contributed by atoms with E-state index in [0.717, 1.165) is 0 Å². The maximum absolute atomic E-state index is 13.5. The van der Waals surface area contributed by atoms with Gasteiger partial charge in [0.25, 0.3) is 0 Å². The minimum Gasteiger partial charge on any atom is -0.379 e. The minimum absolute atomic E-state index is 0.165. The fraction of sp³-hybridized carbons (Fsp3) is 0.273. The van der Waals surface area contributed by atoms with Crippen LogP contribution in [0.15, 0.2) is 22.7 Å². The molecule has 1 rings (SSSR count). The highest BCUT2D eigenvalue weighted by atomic mass is 79.9. The number of primary amides is 1. The Morgan fingerprint density at radius 1 is 1.56 bits per heavy atom. The van der Waals surface area contributed by atoms with Crippen LogP contribution in [0, 0.1) is 11.7 Å². The van der Waals surface area contributed by atoms with Gasteiger partial charge in [-0.15, -0.1) is 0 Å². The Bertz CT molecular complexity index is 420. The summed E-state index contributed by atoms with van der Waals surface area (Å²) >= 11 is 3.19. The maximum Gasteiger partial charge on any atom is 0.250 e. The van der Waals surface area contributed by atoms with Crippen molar-refractivity contribution in [1.29, 1.82) is 0 Å². The number of aliphatic hydroxyl groups is 1. The molecule has 0 aliphatic carbocycles. The second-order valence-electron chi connectivity index (χ2n) is 3.69. The number of nitrogens with two attached hydrogens (primary N) is 1. The van der Waals surface area contributed by atoms with Crippen molar-refractivity contribution in [1.82, 2.24) is 0 Å². The van der Waals surface area contributed by atoms with Gasteiger partial charge < -0.3 is 10.8 Å². The Hall–Kier alpha value is -0.940. The van der Waals surface area contributed by atoms with Gasteiger partial charge in [0, 0.05) is 10.4 Å². The molecule has 0 aromatic heterocycles. The number of carbonyl (C=O) groups excluding carboxylic acids is 1. The van der Waals surface area contributed by atoms with Crippen molar-refractivity contribution in [3.8, 4) is 0 Å². The first-order valence-corrected chi connectivity index (χ1v) is 5.38. The van der Waals surface area contributed by atoms with Gasteiger partial charge >= 0.3 is 0 Å². The van der Waals surface area contributed by atoms with Crippen molar-refractivity contribution >= 4 is 21.8 Å². The number of benzene rings is 1. The van der Waals surface area contributed by atoms with E-state index >= 15 is 0 Å². The molecule has 0 saturated carbocycles. The van der Waals surface area contributed by atoms with Gasteiger partial charge in [-0.1, -0.05) is 22.9 Å². The number of rotatable bonds is 3. The average Bonchev–Trinajstić information content (AvgIpc) is 2.20. The van der Waals surface area contributed by atoms with Crippen LogP contribution < -0.4 is 5.73 Å². The van der Waals surface area contributed by atoms with Crippen molar-refractivity contribution in [3.05, 3.63) is 40.0 Å². The minimum atomic E-state index is -1.86. The smallest absolute Gasteiger partial charge is 0.250 e. The highest BCUT2D eigenvalue weighted by Crippen LogP contribution is 2.30. The van der Waals surface area contributed by atoms with Gasteiger partial charge in [0.2, 0.25) is 5.91 Å². The third-order valence-electron chi connectivity index (χ3n) is 2.54. The lowest BCUT2D eigenvalue weighted by atomic mass is 9.84. The van der Waals surface area contributed by atoms with Crippen LogP contribution in [0.25, 0.3) is 0 Å². The molecule has 0 unspecified atom stereocenters. The van der Waals surface area contributed by atoms with Crippen molar-refractivity contribution in [2.24, 2.45) is 5.73 Å². The predicted molar refractivity (Wildman–Crippen MR) is 61.9 cm³/mol. The van der Waals surface area contributed by atoms with Gasteiger partial charge in [0.15, 0.2) is 5.60 Å². The fourth-order valence-electron chi connectivity index (χ4n) is 1.23. The number of amides is 1. The Labute approximate surface area is 102 Å². The van der Waals surface area contributed by atoms with E-state index < -0.39 is 17.3 Å². The summed E-state index contributed by atoms with van der Waals surface area (Å²) in [4.78, 5) is 11.0. The first kappa shape index (κ1) is 13.1. The zero-order valence-corrected chi connectivity index (χ0v) is 10.5. The lowest BCUT2D eigenvalue weighted by molar-refractivity contribution is -0.132. The van der Waals surface area contributed by atoms with Gasteiger partial charge in [-0.05, 0) is 30.7 Å². The molecule has 5 heteroatoms. The molecule has 0 heterocycles. The SMILES string of the molecule is C[C](c1cc(Br)ccc1F)[C@@](C)(O)C(N)=O. The lowest BCUT2D eigenvalue weighted by Gasteiger charge is -2.26. The molecule has 3 nitrogen and oxygen atoms in total. The average molecular weight is 289 g/mol. The molecule has 0 spiro atoms. The van der Waals surface area contributed by atoms with Gasteiger partial charge in [0.1, 0.15) is 5.82 Å². The summed E-state index contributed by atoms with van der Waals surface area (Å²) in [7, 11) is 0. The van der Waals surface area contributed by atoms with Gasteiger partial charge in [-0.25, -0.2) is 4.39 Å². The molecule has 1 aromatic rings. The summed E-state index contributed by atoms with van der Waals surface area (Å²) in [5.41, 5.74) is 3.36. The molecule has 0 bridgehead atoms. The van der Waals surface area contributed by atoms with Crippen LogP contribution in [0.1, 0.15) is 19.4 Å². The molecule has 3 N–H and O–H groups in total. The number of hydrogen-bond donors (Lipinski definition) is 2. The van der Waals surface area contributed by atoms with E-state index in [0.29, 0.717) is 4.47 Å². The first-order valence-electron chi connectivity index (χ1n) is 4.58. The van der Waals surface area contributed by atoms with Crippen molar-refractivity contribution in [3.63, 3.8) is 0 Å². The highest BCUT2D eigenvalue weighted by molar-refractivity contribution is 9.10. The molecule has 1 amide bonds. The van der Waals surface area contributed by atoms with Crippen LogP contribution in [0.4, 0.5) is 4.39 Å². The summed E-state index contributed by atoms with van der Waals surface area (Å²) in [6.45, 7) is 2.71. The molecule has 0 aliphatic heterocycles. The highest BCUT2D eigenvalue weighted by Gasteiger charge is 2.37. The second kappa shape index (κ2) is 4.51. The van der Waals surface area contributed by atoms with Gasteiger partial charge in [-0.3, -0.25) is 4.79 Å². The standard InChI is InChI=1S/C11H12BrFNO2/c1-6(11(2,16)10(14)15)8-5-7(12)3-4-9(8)13/h3-5,16H,1-2H3,(H2,14,15)/t11-/m1/s1. The molecule has 87 valence electrons. The Balaban J connectivity index is 3.19. The summed E-state index contributed by atoms with van der Waals surface area (Å²) in [6.07, 6.45) is 0. The van der Waals surface area contributed by atoms with E-state index in [-0.39, 0.29) is 11.5 Å². The monoisotopic (exact) mass is 288 g/mol. The van der Waals surface area contributed by atoms with E-state index in [4.69, 9.17) is 5.73 Å². The predicted octanol–water partition coefficient (Wildman–Crippen LogP) is 1.77. The van der Waals surface area contributed by atoms with Gasteiger partial charge in [-0.2, -0.15) is 0 Å². The van der Waals surface area contributed by atoms with Crippen LogP contribution >= 0.6 is 15.9 Å². The maximum atomic E-state index is 13.5. The quantitative estimate of drug-likeness (QED) is 0.890. The molecular formula is C11H12BrFNO2. The molecular weight excluding hydrogens is 277 g/mol. The zero-order valence-electron chi connectivity index (χ0n) is 8.92. The summed E-state index contributed by atoms with van der Waals surface area (Å²) in [6, 6.07) is 4.27. The Kier molecular flexibility index (Phi) is 3.70. The Morgan fingerprint density at radius 2 is 2.12 bits per heavy atom. The number of halogens is 2. The summed E-state index contributed by atoms with van der Waals surface area (Å²) < 4.78 is 14.2. The largest absolute Gasteiger partial charge is 0.379 e. The number of carbonyl (C=O) groups is 1. The summed E-state index contributed by atoms with van der Waals surface area (Å²) in [5.74, 6) is -1.24. The Morgan fingerprint density at radius 3 is 2.62 bits per heavy atom. The van der Waals surface area contributed by atoms with Gasteiger partial charge in [0.05, 0.1) is 0 Å². The fourth-order valence-corrected chi connectivity index (χ4v) is 1.59. The molecule has 1 radical (unpaired) electrons. The van der Waals surface area contributed by atoms with Crippen molar-refractivity contribution < 1.29 is 14.3 Å². The van der Waals surface area contributed by atoms with E-state index in [1.54, 1.807) is 0 Å². The van der Waals surface area contributed by atoms with Crippen LogP contribution in [0.3, 0.4) is 0 Å². The third kappa shape index (κ3) is 2.41. The zero-order chi connectivity index (χ0) is 12.5. The molecule has 1 aromatic carbocycles. The molecule has 0 saturated heterocycles. The third-order valence-corrected chi connectivity index (χ3v) is 3.04. The topological polar surface area (TPSA) is 63.3 Å².